The van der Waals surface area contributed by atoms with Crippen molar-refractivity contribution in [1.29, 1.82) is 0 Å². The molecular weight excluding hydrogens is 132 g/mol. The third-order valence-electron chi connectivity index (χ3n) is 1.62. The van der Waals surface area contributed by atoms with E-state index in [1.807, 2.05) is 0 Å². The van der Waals surface area contributed by atoms with E-state index in [0.29, 0.717) is 24.8 Å². The van der Waals surface area contributed by atoms with Crippen molar-refractivity contribution in [3.63, 3.8) is 0 Å². The zero-order chi connectivity index (χ0) is 7.56. The summed E-state index contributed by atoms with van der Waals surface area (Å²) in [6, 6.07) is 0. The first-order valence-electron chi connectivity index (χ1n) is 3.30. The first kappa shape index (κ1) is 7.28. The van der Waals surface area contributed by atoms with Crippen molar-refractivity contribution in [2.75, 3.05) is 0 Å². The molecule has 1 rings (SSSR count). The quantitative estimate of drug-likeness (QED) is 0.561. The Kier molecular flexibility index (Phi) is 2.06. The van der Waals surface area contributed by atoms with E-state index in [1.165, 1.54) is 0 Å². The van der Waals surface area contributed by atoms with E-state index in [9.17, 15) is 4.79 Å². The zero-order valence-corrected chi connectivity index (χ0v) is 5.58. The molecule has 0 aliphatic heterocycles. The second-order valence-corrected chi connectivity index (χ2v) is 2.47. The van der Waals surface area contributed by atoms with Gasteiger partial charge in [-0.1, -0.05) is 6.08 Å². The van der Waals surface area contributed by atoms with Gasteiger partial charge in [0.2, 0.25) is 0 Å². The van der Waals surface area contributed by atoms with E-state index in [2.05, 4.69) is 0 Å². The maximum Gasteiger partial charge on any atom is 0.331 e. The Morgan fingerprint density at radius 1 is 1.70 bits per heavy atom. The minimum Gasteiger partial charge on any atom is -0.478 e. The average molecular weight is 142 g/mol. The van der Waals surface area contributed by atoms with Gasteiger partial charge in [-0.15, -0.1) is 0 Å². The lowest BCUT2D eigenvalue weighted by molar-refractivity contribution is -0.133. The van der Waals surface area contributed by atoms with Crippen LogP contribution in [0.2, 0.25) is 0 Å². The van der Waals surface area contributed by atoms with Crippen LogP contribution in [0.5, 0.6) is 0 Å². The Hall–Kier alpha value is -0.830. The largest absolute Gasteiger partial charge is 0.478 e. The Labute approximate surface area is 59.0 Å². The number of aliphatic hydroxyl groups excluding tert-OH is 1. The van der Waals surface area contributed by atoms with E-state index in [4.69, 9.17) is 10.2 Å². The Bertz CT molecular complexity index is 172. The summed E-state index contributed by atoms with van der Waals surface area (Å²) in [5.74, 6) is -0.904. The lowest BCUT2D eigenvalue weighted by Crippen LogP contribution is -2.15. The maximum absolute atomic E-state index is 10.3. The van der Waals surface area contributed by atoms with E-state index in [1.54, 1.807) is 6.08 Å². The summed E-state index contributed by atoms with van der Waals surface area (Å²) in [5.41, 5.74) is 0.346. The molecule has 1 atom stereocenters. The number of carboxylic acids is 1. The van der Waals surface area contributed by atoms with E-state index < -0.39 is 12.1 Å². The number of carboxylic acid groups (broad SMARTS) is 1. The van der Waals surface area contributed by atoms with Crippen molar-refractivity contribution < 1.29 is 15.0 Å². The maximum atomic E-state index is 10.3. The predicted molar refractivity (Wildman–Crippen MR) is 35.6 cm³/mol. The Morgan fingerprint density at radius 3 is 2.80 bits per heavy atom. The third kappa shape index (κ3) is 1.57. The van der Waals surface area contributed by atoms with Crippen molar-refractivity contribution >= 4 is 5.97 Å². The first-order valence-corrected chi connectivity index (χ1v) is 3.30. The molecule has 0 aromatic heterocycles. The lowest BCUT2D eigenvalue weighted by Gasteiger charge is -2.14. The highest BCUT2D eigenvalue weighted by Crippen LogP contribution is 2.17. The van der Waals surface area contributed by atoms with Gasteiger partial charge < -0.3 is 10.2 Å². The van der Waals surface area contributed by atoms with Crippen LogP contribution in [0, 0.1) is 0 Å². The van der Waals surface area contributed by atoms with Crippen LogP contribution in [0.25, 0.3) is 0 Å². The molecule has 10 heavy (non-hydrogen) atoms. The van der Waals surface area contributed by atoms with Crippen molar-refractivity contribution in [1.82, 2.24) is 0 Å². The van der Waals surface area contributed by atoms with Gasteiger partial charge >= 0.3 is 5.97 Å². The van der Waals surface area contributed by atoms with Crippen LogP contribution in [0.1, 0.15) is 19.3 Å². The molecule has 0 radical (unpaired) electrons. The van der Waals surface area contributed by atoms with Gasteiger partial charge in [-0.05, 0) is 12.8 Å². The van der Waals surface area contributed by atoms with Gasteiger partial charge in [0.25, 0.3) is 0 Å². The minimum absolute atomic E-state index is 0.301. The SMILES string of the molecule is O=C(O)C1=CCCC(O)C1. The summed E-state index contributed by atoms with van der Waals surface area (Å²) in [6.45, 7) is 0. The summed E-state index contributed by atoms with van der Waals surface area (Å²) in [5, 5.41) is 17.5. The second kappa shape index (κ2) is 2.84. The van der Waals surface area contributed by atoms with Crippen LogP contribution < -0.4 is 0 Å². The molecule has 2 N–H and O–H groups in total. The normalized spacial score (nSPS) is 25.7. The van der Waals surface area contributed by atoms with Crippen LogP contribution >= 0.6 is 0 Å². The second-order valence-electron chi connectivity index (χ2n) is 2.47. The first-order chi connectivity index (χ1) is 4.70. The molecule has 0 saturated carbocycles. The molecule has 0 saturated heterocycles. The van der Waals surface area contributed by atoms with Crippen LogP contribution in [-0.4, -0.2) is 22.3 Å². The molecule has 0 bridgehead atoms. The molecule has 1 aliphatic rings. The number of aliphatic carboxylic acids is 1. The van der Waals surface area contributed by atoms with E-state index >= 15 is 0 Å². The van der Waals surface area contributed by atoms with E-state index in [0.717, 1.165) is 0 Å². The molecule has 0 aromatic carbocycles. The fraction of sp³-hybridized carbons (Fsp3) is 0.571. The molecule has 0 amide bonds. The number of aliphatic hydroxyl groups is 1. The van der Waals surface area contributed by atoms with Crippen molar-refractivity contribution in [3.05, 3.63) is 11.6 Å². The average Bonchev–Trinajstić information content (AvgIpc) is 1.88. The standard InChI is InChI=1S/C7H10O3/c8-6-3-1-2-5(4-6)7(9)10/h2,6,8H,1,3-4H2,(H,9,10). The topological polar surface area (TPSA) is 57.5 Å². The Morgan fingerprint density at radius 2 is 2.40 bits per heavy atom. The summed E-state index contributed by atoms with van der Waals surface area (Å²) < 4.78 is 0. The van der Waals surface area contributed by atoms with Gasteiger partial charge in [0, 0.05) is 12.0 Å². The molecule has 0 fully saturated rings. The van der Waals surface area contributed by atoms with Gasteiger partial charge in [0.1, 0.15) is 0 Å². The summed E-state index contributed by atoms with van der Waals surface area (Å²) >= 11 is 0. The summed E-state index contributed by atoms with van der Waals surface area (Å²) in [7, 11) is 0. The third-order valence-corrected chi connectivity index (χ3v) is 1.62. The van der Waals surface area contributed by atoms with Gasteiger partial charge in [0.05, 0.1) is 6.10 Å². The predicted octanol–water partition coefficient (Wildman–Crippen LogP) is 0.542. The molecule has 3 nitrogen and oxygen atoms in total. The van der Waals surface area contributed by atoms with Crippen LogP contribution in [0.4, 0.5) is 0 Å². The molecule has 0 heterocycles. The van der Waals surface area contributed by atoms with Crippen molar-refractivity contribution in [2.45, 2.75) is 25.4 Å². The number of rotatable bonds is 1. The highest BCUT2D eigenvalue weighted by Gasteiger charge is 2.16. The fourth-order valence-electron chi connectivity index (χ4n) is 1.06. The number of hydrogen-bond donors (Lipinski definition) is 2. The highest BCUT2D eigenvalue weighted by molar-refractivity contribution is 5.86. The van der Waals surface area contributed by atoms with Crippen LogP contribution in [-0.2, 0) is 4.79 Å². The van der Waals surface area contributed by atoms with Gasteiger partial charge in [-0.3, -0.25) is 0 Å². The number of carbonyl (C=O) groups is 1. The minimum atomic E-state index is -0.904. The molecule has 56 valence electrons. The number of allylic oxidation sites excluding steroid dienone is 1. The molecular formula is C7H10O3. The molecule has 3 heteroatoms. The van der Waals surface area contributed by atoms with Crippen LogP contribution in [0.15, 0.2) is 11.6 Å². The molecule has 0 spiro atoms. The zero-order valence-electron chi connectivity index (χ0n) is 5.58. The van der Waals surface area contributed by atoms with Crippen LogP contribution in [0.3, 0.4) is 0 Å². The summed E-state index contributed by atoms with van der Waals surface area (Å²) in [6.07, 6.45) is 2.90. The Balaban J connectivity index is 2.60. The molecule has 1 aliphatic carbocycles. The monoisotopic (exact) mass is 142 g/mol. The van der Waals surface area contributed by atoms with Gasteiger partial charge in [-0.25, -0.2) is 4.79 Å². The fourth-order valence-corrected chi connectivity index (χ4v) is 1.06. The smallest absolute Gasteiger partial charge is 0.331 e. The van der Waals surface area contributed by atoms with Crippen molar-refractivity contribution in [3.8, 4) is 0 Å². The van der Waals surface area contributed by atoms with E-state index in [-0.39, 0.29) is 0 Å². The molecule has 0 aromatic rings. The lowest BCUT2D eigenvalue weighted by atomic mass is 9.97. The number of hydrogen-bond acceptors (Lipinski definition) is 2. The molecule has 1 unspecified atom stereocenters. The summed E-state index contributed by atoms with van der Waals surface area (Å²) in [4.78, 5) is 10.3. The van der Waals surface area contributed by atoms with Gasteiger partial charge in [0.15, 0.2) is 0 Å². The van der Waals surface area contributed by atoms with Gasteiger partial charge in [-0.2, -0.15) is 0 Å². The van der Waals surface area contributed by atoms with Crippen molar-refractivity contribution in [2.24, 2.45) is 0 Å². The highest BCUT2D eigenvalue weighted by atomic mass is 16.4.